The summed E-state index contributed by atoms with van der Waals surface area (Å²) in [4.78, 5) is 32.6. The van der Waals surface area contributed by atoms with Crippen LogP contribution in [0.5, 0.6) is 5.75 Å². The molecule has 0 saturated carbocycles. The summed E-state index contributed by atoms with van der Waals surface area (Å²) in [5.74, 6) is -0.238. The van der Waals surface area contributed by atoms with Gasteiger partial charge in [0.25, 0.3) is 11.8 Å². The lowest BCUT2D eigenvalue weighted by Crippen LogP contribution is -2.26. The number of hydrogen-bond acceptors (Lipinski definition) is 8. The molecule has 1 aliphatic rings. The molecule has 6 rings (SSSR count). The molecule has 0 unspecified atom stereocenters. The van der Waals surface area contributed by atoms with Crippen LogP contribution in [0.3, 0.4) is 0 Å². The van der Waals surface area contributed by atoms with E-state index < -0.39 is 5.91 Å². The van der Waals surface area contributed by atoms with Gasteiger partial charge in [-0.05, 0) is 72.7 Å². The van der Waals surface area contributed by atoms with Crippen molar-refractivity contribution >= 4 is 23.2 Å². The Labute approximate surface area is 263 Å². The number of pyridine rings is 1. The van der Waals surface area contributed by atoms with Gasteiger partial charge < -0.3 is 20.2 Å². The Hall–Kier alpha value is -4.90. The number of hydrogen-bond donors (Lipinski definition) is 2. The van der Waals surface area contributed by atoms with E-state index in [9.17, 15) is 14.0 Å². The number of nitrogens with one attached hydrogen (secondary N) is 1. The molecule has 0 bridgehead atoms. The summed E-state index contributed by atoms with van der Waals surface area (Å²) in [7, 11) is 0. The molecule has 0 fully saturated rings. The quantitative estimate of drug-likeness (QED) is 0.179. The number of ether oxygens (including phenoxy) is 1. The molecule has 5 aromatic rings. The molecule has 45 heavy (non-hydrogen) atoms. The van der Waals surface area contributed by atoms with E-state index in [4.69, 9.17) is 19.9 Å². The maximum atomic E-state index is 13.5. The van der Waals surface area contributed by atoms with Crippen molar-refractivity contribution < 1.29 is 23.1 Å². The third-order valence-corrected chi connectivity index (χ3v) is 8.74. The highest BCUT2D eigenvalue weighted by Crippen LogP contribution is 2.42. The number of nitrogens with two attached hydrogens (primary N) is 1. The maximum Gasteiger partial charge on any atom is 0.261 e. The van der Waals surface area contributed by atoms with Gasteiger partial charge in [-0.2, -0.15) is 0 Å². The molecule has 3 heterocycles. The monoisotopic (exact) mass is 625 g/mol. The lowest BCUT2D eigenvalue weighted by Gasteiger charge is -2.19. The van der Waals surface area contributed by atoms with Crippen molar-refractivity contribution in [1.82, 2.24) is 20.5 Å². The standard InChI is InChI=1S/C34H32FN5O4S/c1-18(2)16-25-29(32(36)41)31(27-14-15-28(45-27)33(42)38-24-13-8-20-6-4-5-7-23(20)24)30(34-40-39-19(3)44-34)26(37-25)17-43-22-11-9-21(35)10-12-22/h4-7,9-12,14-15,18,24H,8,13,16-17H2,1-3H3,(H2,36,41)(H,38,42)/t24-/m0/s1. The number of benzene rings is 2. The van der Waals surface area contributed by atoms with Gasteiger partial charge in [-0.3, -0.25) is 14.6 Å². The van der Waals surface area contributed by atoms with Crippen LogP contribution in [-0.2, 0) is 19.4 Å². The topological polar surface area (TPSA) is 133 Å². The van der Waals surface area contributed by atoms with Gasteiger partial charge in [0.2, 0.25) is 11.8 Å². The highest BCUT2D eigenvalue weighted by molar-refractivity contribution is 7.17. The predicted octanol–water partition coefficient (Wildman–Crippen LogP) is 6.60. The van der Waals surface area contributed by atoms with E-state index in [2.05, 4.69) is 21.6 Å². The molecular weight excluding hydrogens is 593 g/mol. The van der Waals surface area contributed by atoms with Crippen molar-refractivity contribution in [3.05, 3.63) is 105 Å². The predicted molar refractivity (Wildman–Crippen MR) is 168 cm³/mol. The molecule has 9 nitrogen and oxygen atoms in total. The number of rotatable bonds is 10. The van der Waals surface area contributed by atoms with Crippen LogP contribution in [0.15, 0.2) is 65.1 Å². The molecule has 0 saturated heterocycles. The van der Waals surface area contributed by atoms with Crippen LogP contribution in [0.1, 0.15) is 74.7 Å². The van der Waals surface area contributed by atoms with E-state index >= 15 is 0 Å². The van der Waals surface area contributed by atoms with Crippen LogP contribution in [-0.4, -0.2) is 27.0 Å². The van der Waals surface area contributed by atoms with Crippen LogP contribution < -0.4 is 15.8 Å². The van der Waals surface area contributed by atoms with Gasteiger partial charge in [0.05, 0.1) is 33.4 Å². The largest absolute Gasteiger partial charge is 0.487 e. The second kappa shape index (κ2) is 12.6. The Morgan fingerprint density at radius 2 is 1.84 bits per heavy atom. The zero-order chi connectivity index (χ0) is 31.7. The second-order valence-electron chi connectivity index (χ2n) is 11.4. The van der Waals surface area contributed by atoms with E-state index in [1.165, 1.54) is 41.2 Å². The number of fused-ring (bicyclic) bond motifs is 1. The minimum atomic E-state index is -0.668. The maximum absolute atomic E-state index is 13.5. The van der Waals surface area contributed by atoms with Crippen molar-refractivity contribution in [2.75, 3.05) is 0 Å². The highest BCUT2D eigenvalue weighted by Gasteiger charge is 2.30. The number of aromatic nitrogens is 3. The third-order valence-electron chi connectivity index (χ3n) is 7.64. The number of aryl methyl sites for hydroxylation is 2. The van der Waals surface area contributed by atoms with E-state index in [1.54, 1.807) is 19.1 Å². The number of thiophene rings is 1. The number of nitrogens with zero attached hydrogens (tertiary/aromatic N) is 3. The van der Waals surface area contributed by atoms with Crippen LogP contribution in [0, 0.1) is 18.7 Å². The molecule has 230 valence electrons. The summed E-state index contributed by atoms with van der Waals surface area (Å²) in [5.41, 5.74) is 10.4. The number of primary amides is 1. The Bertz CT molecular complexity index is 1880. The molecule has 1 atom stereocenters. The lowest BCUT2D eigenvalue weighted by molar-refractivity contribution is 0.0939. The first kappa shape index (κ1) is 30.1. The van der Waals surface area contributed by atoms with Gasteiger partial charge in [-0.1, -0.05) is 38.1 Å². The van der Waals surface area contributed by atoms with Crippen molar-refractivity contribution in [2.45, 2.75) is 52.7 Å². The van der Waals surface area contributed by atoms with Crippen molar-refractivity contribution in [2.24, 2.45) is 11.7 Å². The fourth-order valence-corrected chi connectivity index (χ4v) is 6.65. The van der Waals surface area contributed by atoms with E-state index in [1.807, 2.05) is 32.0 Å². The highest BCUT2D eigenvalue weighted by atomic mass is 32.1. The average Bonchev–Trinajstić information content (AvgIpc) is 3.76. The first-order chi connectivity index (χ1) is 21.7. The molecular formula is C34H32FN5O4S. The number of halogens is 1. The fraction of sp³-hybridized carbons (Fsp3) is 0.265. The molecule has 0 aliphatic heterocycles. The number of amides is 2. The molecule has 2 amide bonds. The summed E-state index contributed by atoms with van der Waals surface area (Å²) in [6, 6.07) is 17.2. The molecule has 11 heteroatoms. The molecule has 1 aliphatic carbocycles. The Morgan fingerprint density at radius 1 is 1.07 bits per heavy atom. The zero-order valence-corrected chi connectivity index (χ0v) is 25.9. The van der Waals surface area contributed by atoms with Crippen LogP contribution in [0.4, 0.5) is 4.39 Å². The minimum absolute atomic E-state index is 0.0423. The van der Waals surface area contributed by atoms with Crippen molar-refractivity contribution in [3.63, 3.8) is 0 Å². The van der Waals surface area contributed by atoms with Gasteiger partial charge in [-0.15, -0.1) is 21.5 Å². The Kier molecular flexibility index (Phi) is 8.44. The van der Waals surface area contributed by atoms with Crippen LogP contribution >= 0.6 is 11.3 Å². The summed E-state index contributed by atoms with van der Waals surface area (Å²) in [5, 5.41) is 11.5. The minimum Gasteiger partial charge on any atom is -0.487 e. The molecule has 3 N–H and O–H groups in total. The van der Waals surface area contributed by atoms with Gasteiger partial charge in [0, 0.05) is 17.4 Å². The van der Waals surface area contributed by atoms with E-state index in [-0.39, 0.29) is 41.7 Å². The average molecular weight is 626 g/mol. The van der Waals surface area contributed by atoms with Crippen molar-refractivity contribution in [1.29, 1.82) is 0 Å². The first-order valence-electron chi connectivity index (χ1n) is 14.7. The zero-order valence-electron chi connectivity index (χ0n) is 25.1. The second-order valence-corrected chi connectivity index (χ2v) is 12.5. The fourth-order valence-electron chi connectivity index (χ4n) is 5.68. The summed E-state index contributed by atoms with van der Waals surface area (Å²) < 4.78 is 25.4. The van der Waals surface area contributed by atoms with Gasteiger partial charge in [0.15, 0.2) is 0 Å². The Balaban J connectivity index is 1.45. The van der Waals surface area contributed by atoms with Gasteiger partial charge in [-0.25, -0.2) is 4.39 Å². The lowest BCUT2D eigenvalue weighted by atomic mass is 9.92. The third kappa shape index (κ3) is 6.34. The number of carbonyl (C=O) groups excluding carboxylic acids is 2. The van der Waals surface area contributed by atoms with Crippen molar-refractivity contribution in [3.8, 4) is 27.6 Å². The molecule has 0 spiro atoms. The smallest absolute Gasteiger partial charge is 0.261 e. The summed E-state index contributed by atoms with van der Waals surface area (Å²) in [6.07, 6.45) is 2.19. The normalized spacial score (nSPS) is 14.0. The summed E-state index contributed by atoms with van der Waals surface area (Å²) >= 11 is 1.24. The SMILES string of the molecule is Cc1nnc(-c2c(COc3ccc(F)cc3)nc(CC(C)C)c(C(N)=O)c2-c2ccc(C(=O)N[C@H]3CCc4ccccc43)s2)o1. The van der Waals surface area contributed by atoms with E-state index in [0.717, 1.165) is 18.4 Å². The molecule has 3 aromatic heterocycles. The molecule has 2 aromatic carbocycles. The van der Waals surface area contributed by atoms with Gasteiger partial charge in [0.1, 0.15) is 18.2 Å². The van der Waals surface area contributed by atoms with Gasteiger partial charge >= 0.3 is 0 Å². The van der Waals surface area contributed by atoms with Crippen LogP contribution in [0.25, 0.3) is 21.9 Å². The number of carbonyl (C=O) groups is 2. The van der Waals surface area contributed by atoms with E-state index in [0.29, 0.717) is 50.3 Å². The summed E-state index contributed by atoms with van der Waals surface area (Å²) in [6.45, 7) is 5.66. The Morgan fingerprint density at radius 3 is 2.56 bits per heavy atom. The molecule has 0 radical (unpaired) electrons. The van der Waals surface area contributed by atoms with Crippen LogP contribution in [0.2, 0.25) is 0 Å². The first-order valence-corrected chi connectivity index (χ1v) is 15.5.